The van der Waals surface area contributed by atoms with Crippen LogP contribution in [0.3, 0.4) is 0 Å². The third-order valence-electron chi connectivity index (χ3n) is 6.82. The number of hydrogen-bond donors (Lipinski definition) is 2. The van der Waals surface area contributed by atoms with Crippen LogP contribution in [0, 0.1) is 23.7 Å². The van der Waals surface area contributed by atoms with Crippen LogP contribution in [0.1, 0.15) is 131 Å². The zero-order chi connectivity index (χ0) is 23.7. The Bertz CT molecular complexity index is 291. The third kappa shape index (κ3) is 19.1. The predicted octanol–water partition coefficient (Wildman–Crippen LogP) is 8.02. The summed E-state index contributed by atoms with van der Waals surface area (Å²) in [5.74, 6) is 3.29. The molecule has 31 heavy (non-hydrogen) atoms. The molecule has 0 rings (SSSR count). The van der Waals surface area contributed by atoms with Gasteiger partial charge in [-0.2, -0.15) is 0 Å². The van der Waals surface area contributed by atoms with Crippen molar-refractivity contribution < 1.29 is 14.9 Å². The maximum atomic E-state index is 7.62. The Balaban J connectivity index is 0. The largest absolute Gasteiger partial charge is 0.394 e. The molecular weight excluding hydrogens is 384 g/mol. The summed E-state index contributed by atoms with van der Waals surface area (Å²) in [4.78, 5) is 0. The summed E-state index contributed by atoms with van der Waals surface area (Å²) in [6.07, 6.45) is 19.0. The normalized spacial score (nSPS) is 15.1. The fourth-order valence-electron chi connectivity index (χ4n) is 4.88. The van der Waals surface area contributed by atoms with Crippen molar-refractivity contribution in [3.05, 3.63) is 0 Å². The van der Waals surface area contributed by atoms with Gasteiger partial charge in [-0.15, -0.1) is 0 Å². The lowest BCUT2D eigenvalue weighted by atomic mass is 9.82. The van der Waals surface area contributed by atoms with Gasteiger partial charge >= 0.3 is 0 Å². The number of ether oxygens (including phenoxy) is 1. The van der Waals surface area contributed by atoms with E-state index < -0.39 is 0 Å². The lowest BCUT2D eigenvalue weighted by Gasteiger charge is -2.29. The van der Waals surface area contributed by atoms with Gasteiger partial charge in [-0.25, -0.2) is 0 Å². The first-order valence-electron chi connectivity index (χ1n) is 13.9. The Morgan fingerprint density at radius 3 is 1.13 bits per heavy atom. The average molecular weight is 445 g/mol. The quantitative estimate of drug-likeness (QED) is 0.176. The van der Waals surface area contributed by atoms with Crippen LogP contribution < -0.4 is 0 Å². The molecule has 0 aromatic carbocycles. The summed E-state index contributed by atoms with van der Waals surface area (Å²) in [5, 5.41) is 15.2. The van der Waals surface area contributed by atoms with Gasteiger partial charge in [-0.3, -0.25) is 0 Å². The van der Waals surface area contributed by atoms with E-state index in [9.17, 15) is 0 Å². The standard InChI is InChI=1S/C26H54O.C2H6O2/c1-7-13-15-19-23(11-5)25(17-9-3)21-27-22-26(18-10-4)24(12-6)20-16-14-8-2;3-1-2-4/h23-26H,7-22H2,1-6H3;3-4H,1-2H2. The van der Waals surface area contributed by atoms with E-state index >= 15 is 0 Å². The molecule has 2 N–H and O–H groups in total. The molecule has 0 aliphatic rings. The summed E-state index contributed by atoms with van der Waals surface area (Å²) in [5.41, 5.74) is 0. The molecule has 0 amide bonds. The van der Waals surface area contributed by atoms with Crippen molar-refractivity contribution in [1.29, 1.82) is 0 Å². The summed E-state index contributed by atoms with van der Waals surface area (Å²) in [6, 6.07) is 0. The highest BCUT2D eigenvalue weighted by molar-refractivity contribution is 4.72. The fourth-order valence-corrected chi connectivity index (χ4v) is 4.88. The maximum absolute atomic E-state index is 7.62. The molecule has 3 heteroatoms. The maximum Gasteiger partial charge on any atom is 0.0662 e. The van der Waals surface area contributed by atoms with Crippen molar-refractivity contribution in [3.8, 4) is 0 Å². The number of aliphatic hydroxyl groups excluding tert-OH is 2. The first kappa shape index (κ1) is 33.1. The van der Waals surface area contributed by atoms with E-state index in [2.05, 4.69) is 41.5 Å². The van der Waals surface area contributed by atoms with Crippen LogP contribution in [-0.4, -0.2) is 36.6 Å². The van der Waals surface area contributed by atoms with Crippen molar-refractivity contribution >= 4 is 0 Å². The molecule has 0 saturated heterocycles. The minimum atomic E-state index is -0.125. The summed E-state index contributed by atoms with van der Waals surface area (Å²) in [7, 11) is 0. The lowest BCUT2D eigenvalue weighted by Crippen LogP contribution is -2.25. The van der Waals surface area contributed by atoms with E-state index in [1.54, 1.807) is 0 Å². The van der Waals surface area contributed by atoms with E-state index in [0.717, 1.165) is 36.9 Å². The van der Waals surface area contributed by atoms with Crippen LogP contribution in [0.15, 0.2) is 0 Å². The van der Waals surface area contributed by atoms with Crippen LogP contribution in [0.25, 0.3) is 0 Å². The van der Waals surface area contributed by atoms with Gasteiger partial charge in [-0.1, -0.05) is 119 Å². The zero-order valence-corrected chi connectivity index (χ0v) is 22.3. The second kappa shape index (κ2) is 26.1. The summed E-state index contributed by atoms with van der Waals surface area (Å²) < 4.78 is 6.44. The molecule has 0 bridgehead atoms. The first-order chi connectivity index (χ1) is 15.1. The third-order valence-corrected chi connectivity index (χ3v) is 6.82. The SMILES string of the molecule is CCCCCC(CC)C(CCC)COCC(CCC)C(CC)CCCCC.OCCO. The molecule has 0 aromatic heterocycles. The Hall–Kier alpha value is -0.120. The van der Waals surface area contributed by atoms with Crippen molar-refractivity contribution in [3.63, 3.8) is 0 Å². The van der Waals surface area contributed by atoms with Gasteiger partial charge in [0.1, 0.15) is 0 Å². The van der Waals surface area contributed by atoms with Crippen LogP contribution >= 0.6 is 0 Å². The molecule has 190 valence electrons. The molecule has 0 heterocycles. The van der Waals surface area contributed by atoms with Crippen molar-refractivity contribution in [2.75, 3.05) is 26.4 Å². The molecule has 0 radical (unpaired) electrons. The summed E-state index contributed by atoms with van der Waals surface area (Å²) >= 11 is 0. The van der Waals surface area contributed by atoms with E-state index in [1.165, 1.54) is 89.9 Å². The molecule has 0 aliphatic carbocycles. The zero-order valence-electron chi connectivity index (χ0n) is 22.3. The van der Waals surface area contributed by atoms with Gasteiger partial charge in [0, 0.05) is 13.2 Å². The van der Waals surface area contributed by atoms with Crippen LogP contribution in [0.2, 0.25) is 0 Å². The van der Waals surface area contributed by atoms with Gasteiger partial charge < -0.3 is 14.9 Å². The van der Waals surface area contributed by atoms with Gasteiger partial charge in [0.2, 0.25) is 0 Å². The number of hydrogen-bond acceptors (Lipinski definition) is 3. The molecule has 0 aromatic rings. The molecule has 0 fully saturated rings. The van der Waals surface area contributed by atoms with Crippen LogP contribution in [0.5, 0.6) is 0 Å². The fraction of sp³-hybridized carbons (Fsp3) is 1.00. The first-order valence-corrected chi connectivity index (χ1v) is 13.9. The highest BCUT2D eigenvalue weighted by Gasteiger charge is 2.22. The predicted molar refractivity (Wildman–Crippen MR) is 138 cm³/mol. The smallest absolute Gasteiger partial charge is 0.0662 e. The Morgan fingerprint density at radius 1 is 0.484 bits per heavy atom. The monoisotopic (exact) mass is 444 g/mol. The number of unbranched alkanes of at least 4 members (excludes halogenated alkanes) is 4. The molecular formula is C28H60O3. The van der Waals surface area contributed by atoms with Gasteiger partial charge in [0.05, 0.1) is 13.2 Å². The van der Waals surface area contributed by atoms with E-state index in [4.69, 9.17) is 14.9 Å². The van der Waals surface area contributed by atoms with Crippen molar-refractivity contribution in [2.45, 2.75) is 131 Å². The lowest BCUT2D eigenvalue weighted by molar-refractivity contribution is 0.0282. The Labute approximate surface area is 196 Å². The van der Waals surface area contributed by atoms with Gasteiger partial charge in [-0.05, 0) is 36.5 Å². The van der Waals surface area contributed by atoms with Gasteiger partial charge in [0.25, 0.3) is 0 Å². The molecule has 0 saturated carbocycles. The number of rotatable bonds is 21. The minimum Gasteiger partial charge on any atom is -0.394 e. The van der Waals surface area contributed by atoms with Gasteiger partial charge in [0.15, 0.2) is 0 Å². The van der Waals surface area contributed by atoms with Crippen molar-refractivity contribution in [2.24, 2.45) is 23.7 Å². The van der Waals surface area contributed by atoms with E-state index in [-0.39, 0.29) is 13.2 Å². The molecule has 3 nitrogen and oxygen atoms in total. The minimum absolute atomic E-state index is 0.125. The second-order valence-corrected chi connectivity index (χ2v) is 9.41. The molecule has 0 spiro atoms. The number of aliphatic hydroxyl groups is 2. The molecule has 0 aliphatic heterocycles. The van der Waals surface area contributed by atoms with E-state index in [0.29, 0.717) is 0 Å². The van der Waals surface area contributed by atoms with Crippen LogP contribution in [0.4, 0.5) is 0 Å². The highest BCUT2D eigenvalue weighted by atomic mass is 16.5. The Morgan fingerprint density at radius 2 is 0.871 bits per heavy atom. The van der Waals surface area contributed by atoms with E-state index in [1.807, 2.05) is 0 Å². The second-order valence-electron chi connectivity index (χ2n) is 9.41. The molecule has 4 atom stereocenters. The topological polar surface area (TPSA) is 49.7 Å². The average Bonchev–Trinajstić information content (AvgIpc) is 2.79. The summed E-state index contributed by atoms with van der Waals surface area (Å²) in [6.45, 7) is 15.8. The van der Waals surface area contributed by atoms with Crippen LogP contribution in [-0.2, 0) is 4.74 Å². The Kier molecular flexibility index (Phi) is 27.9. The van der Waals surface area contributed by atoms with Crippen molar-refractivity contribution in [1.82, 2.24) is 0 Å². The molecule has 4 unspecified atom stereocenters. The highest BCUT2D eigenvalue weighted by Crippen LogP contribution is 2.29.